The molecule has 4 heteroatoms. The van der Waals surface area contributed by atoms with Gasteiger partial charge in [-0.15, -0.1) is 0 Å². The Kier molecular flexibility index (Phi) is 9.40. The molecule has 2 atom stereocenters. The standard InChI is InChI=1S/C28H37.C12H9Si.2ClH.Zr/c1-8-10-21-11-12-22-13-25(20(7)9-2)17-27(22)28(21)26-15-23(18(3)4)14-24(16-26)19(5)6;1-3-7-11-9(5-1)10-6-2-4-8-12(10)13-11;;;/h11-20H,8-10H2,1-7H3;1-7H,13H2;2*1H;/q;;;;+2/p-2. The first-order valence-corrected chi connectivity index (χ1v) is 27.1. The molecule has 0 N–H and O–H groups in total. The third kappa shape index (κ3) is 5.61. The van der Waals surface area contributed by atoms with E-state index in [1.807, 2.05) is 0 Å². The van der Waals surface area contributed by atoms with Gasteiger partial charge in [-0.25, -0.2) is 0 Å². The van der Waals surface area contributed by atoms with Gasteiger partial charge < -0.3 is 0 Å². The first kappa shape index (κ1) is 32.2. The van der Waals surface area contributed by atoms with E-state index in [-0.39, 0.29) is 3.63 Å². The minimum atomic E-state index is -4.05. The summed E-state index contributed by atoms with van der Waals surface area (Å²) in [4.78, 5) is 0. The Morgan fingerprint density at radius 3 is 2.14 bits per heavy atom. The molecule has 4 aromatic rings. The number of hydrogen-bond donors (Lipinski definition) is 0. The summed E-state index contributed by atoms with van der Waals surface area (Å²) < 4.78 is 1.42. The van der Waals surface area contributed by atoms with Crippen LogP contribution in [0, 0.1) is 5.92 Å². The second-order valence-corrected chi connectivity index (χ2v) is 29.6. The Balaban J connectivity index is 1.58. The molecule has 0 saturated carbocycles. The van der Waals surface area contributed by atoms with Crippen LogP contribution in [0.5, 0.6) is 0 Å². The number of allylic oxidation sites excluding steroid dienone is 1. The van der Waals surface area contributed by atoms with Crippen LogP contribution in [-0.2, 0) is 24.3 Å². The summed E-state index contributed by atoms with van der Waals surface area (Å²) in [5.74, 6) is 1.37. The third-order valence-electron chi connectivity index (χ3n) is 10.2. The zero-order valence-electron chi connectivity index (χ0n) is 27.4. The predicted molar refractivity (Wildman–Crippen MR) is 195 cm³/mol. The fourth-order valence-corrected chi connectivity index (χ4v) is 24.4. The Morgan fingerprint density at radius 2 is 1.48 bits per heavy atom. The molecule has 0 fully saturated rings. The van der Waals surface area contributed by atoms with Crippen molar-refractivity contribution in [2.24, 2.45) is 5.92 Å². The third-order valence-corrected chi connectivity index (χ3v) is 24.4. The van der Waals surface area contributed by atoms with Crippen LogP contribution < -0.4 is 13.6 Å². The van der Waals surface area contributed by atoms with Crippen LogP contribution in [0.1, 0.15) is 105 Å². The van der Waals surface area contributed by atoms with Crippen LogP contribution in [0.3, 0.4) is 0 Å². The average Bonchev–Trinajstić information content (AvgIpc) is 3.59. The van der Waals surface area contributed by atoms with Crippen LogP contribution in [0.2, 0.25) is 0 Å². The fourth-order valence-electron chi connectivity index (χ4n) is 7.52. The first-order valence-electron chi connectivity index (χ1n) is 16.7. The fraction of sp³-hybridized carbons (Fsp3) is 0.350. The van der Waals surface area contributed by atoms with E-state index in [1.165, 1.54) is 69.3 Å². The molecule has 44 heavy (non-hydrogen) atoms. The molecule has 4 aromatic carbocycles. The summed E-state index contributed by atoms with van der Waals surface area (Å²) in [5.41, 5.74) is 14.0. The van der Waals surface area contributed by atoms with Crippen molar-refractivity contribution in [2.75, 3.05) is 0 Å². The topological polar surface area (TPSA) is 0 Å². The van der Waals surface area contributed by atoms with E-state index in [0.29, 0.717) is 17.8 Å². The average molecular weight is 717 g/mol. The SMILES string of the molecule is CCCc1ccc2c(c1-c1cc(C(C)C)cc(C(C)C)c1)C=C(C(C)CC)[CH]2[Zr]([Cl])([Cl])[c]1cccc2c1[SiH2]c1ccccc1-2. The van der Waals surface area contributed by atoms with Crippen molar-refractivity contribution in [3.05, 3.63) is 106 Å². The normalized spacial score (nSPS) is 16.8. The molecule has 228 valence electrons. The van der Waals surface area contributed by atoms with E-state index < -0.39 is 27.4 Å². The molecule has 0 bridgehead atoms. The van der Waals surface area contributed by atoms with E-state index in [0.717, 1.165) is 19.3 Å². The molecule has 1 heterocycles. The number of hydrogen-bond acceptors (Lipinski definition) is 0. The number of fused-ring (bicyclic) bond motifs is 4. The van der Waals surface area contributed by atoms with Gasteiger partial charge in [0.1, 0.15) is 0 Å². The van der Waals surface area contributed by atoms with E-state index in [4.69, 9.17) is 17.0 Å². The van der Waals surface area contributed by atoms with Crippen LogP contribution in [-0.4, -0.2) is 9.52 Å². The van der Waals surface area contributed by atoms with Crippen molar-refractivity contribution in [2.45, 2.75) is 83.2 Å². The van der Waals surface area contributed by atoms with Gasteiger partial charge in [-0.2, -0.15) is 0 Å². The van der Waals surface area contributed by atoms with Gasteiger partial charge in [-0.1, -0.05) is 0 Å². The summed E-state index contributed by atoms with van der Waals surface area (Å²) in [6.07, 6.45) is 5.80. The maximum absolute atomic E-state index is 8.01. The summed E-state index contributed by atoms with van der Waals surface area (Å²) in [6, 6.07) is 27.9. The molecular formula is C40H46Cl2SiZr. The Morgan fingerprint density at radius 1 is 0.795 bits per heavy atom. The number of benzene rings is 4. The Labute approximate surface area is 279 Å². The molecule has 0 spiro atoms. The molecule has 6 rings (SSSR count). The Hall–Kier alpha value is -1.70. The van der Waals surface area contributed by atoms with Crippen molar-refractivity contribution < 1.29 is 17.9 Å². The van der Waals surface area contributed by atoms with Gasteiger partial charge in [0.05, 0.1) is 0 Å². The molecule has 0 aromatic heterocycles. The molecular weight excluding hydrogens is 671 g/mol. The van der Waals surface area contributed by atoms with Crippen molar-refractivity contribution in [3.8, 4) is 22.3 Å². The zero-order valence-corrected chi connectivity index (χ0v) is 32.8. The molecule has 0 radical (unpaired) electrons. The van der Waals surface area contributed by atoms with Crippen molar-refractivity contribution >= 4 is 46.3 Å². The van der Waals surface area contributed by atoms with Crippen LogP contribution in [0.15, 0.2) is 78.4 Å². The molecule has 1 aliphatic heterocycles. The van der Waals surface area contributed by atoms with Gasteiger partial charge >= 0.3 is 282 Å². The van der Waals surface area contributed by atoms with Gasteiger partial charge in [0.15, 0.2) is 0 Å². The van der Waals surface area contributed by atoms with Gasteiger partial charge in [-0.3, -0.25) is 0 Å². The quantitative estimate of drug-likeness (QED) is 0.133. The monoisotopic (exact) mass is 714 g/mol. The van der Waals surface area contributed by atoms with Crippen LogP contribution in [0.4, 0.5) is 0 Å². The van der Waals surface area contributed by atoms with E-state index >= 15 is 0 Å². The zero-order chi connectivity index (χ0) is 31.3. The predicted octanol–water partition coefficient (Wildman–Crippen LogP) is 9.92. The van der Waals surface area contributed by atoms with E-state index in [9.17, 15) is 0 Å². The second-order valence-electron chi connectivity index (χ2n) is 13.7. The van der Waals surface area contributed by atoms with E-state index in [2.05, 4.69) is 127 Å². The molecule has 0 nitrogen and oxygen atoms in total. The number of rotatable bonds is 9. The van der Waals surface area contributed by atoms with Gasteiger partial charge in [0, 0.05) is 0 Å². The second kappa shape index (κ2) is 12.8. The van der Waals surface area contributed by atoms with Crippen molar-refractivity contribution in [1.29, 1.82) is 0 Å². The van der Waals surface area contributed by atoms with Crippen molar-refractivity contribution in [1.82, 2.24) is 0 Å². The first-order chi connectivity index (χ1) is 21.1. The summed E-state index contributed by atoms with van der Waals surface area (Å²) in [6.45, 7) is 16.2. The van der Waals surface area contributed by atoms with Crippen LogP contribution in [0.25, 0.3) is 28.3 Å². The van der Waals surface area contributed by atoms with Gasteiger partial charge in [-0.05, 0) is 0 Å². The maximum atomic E-state index is 8.01. The van der Waals surface area contributed by atoms with Crippen molar-refractivity contribution in [3.63, 3.8) is 0 Å². The summed E-state index contributed by atoms with van der Waals surface area (Å²) in [7, 11) is 15.4. The Bertz CT molecular complexity index is 1720. The van der Waals surface area contributed by atoms with Crippen LogP contribution >= 0.6 is 17.0 Å². The minimum absolute atomic E-state index is 0.106. The molecule has 2 unspecified atom stereocenters. The molecule has 0 saturated heterocycles. The van der Waals surface area contributed by atoms with Gasteiger partial charge in [0.2, 0.25) is 0 Å². The van der Waals surface area contributed by atoms with E-state index in [1.54, 1.807) is 0 Å². The molecule has 1 aliphatic carbocycles. The summed E-state index contributed by atoms with van der Waals surface area (Å²) in [5, 5.41) is 3.02. The molecule has 2 aliphatic rings. The summed E-state index contributed by atoms with van der Waals surface area (Å²) >= 11 is -4.05. The number of halogens is 2. The van der Waals surface area contributed by atoms with Gasteiger partial charge in [0.25, 0.3) is 0 Å². The molecule has 0 amide bonds. The number of aryl methyl sites for hydroxylation is 1.